The van der Waals surface area contributed by atoms with E-state index in [-0.39, 0.29) is 18.4 Å². The zero-order chi connectivity index (χ0) is 12.3. The van der Waals surface area contributed by atoms with Crippen LogP contribution in [0.5, 0.6) is 0 Å². The Morgan fingerprint density at radius 1 is 1.41 bits per heavy atom. The number of hydrazone groups is 1. The highest BCUT2D eigenvalue weighted by atomic mass is 16.5. The van der Waals surface area contributed by atoms with Gasteiger partial charge in [0.25, 0.3) is 5.91 Å². The Morgan fingerprint density at radius 2 is 2.12 bits per heavy atom. The number of carbonyl (C=O) groups is 1. The molecule has 1 amide bonds. The summed E-state index contributed by atoms with van der Waals surface area (Å²) < 4.78 is 5.57. The number of nitrogens with zero attached hydrogens (tertiary/aromatic N) is 2. The number of ether oxygens (including phenoxy) is 1. The number of anilines is 1. The molecule has 0 bridgehead atoms. The number of para-hydroxylation sites is 1. The van der Waals surface area contributed by atoms with Gasteiger partial charge in [-0.05, 0) is 25.5 Å². The van der Waals surface area contributed by atoms with Crippen LogP contribution < -0.4 is 5.01 Å². The predicted octanol–water partition coefficient (Wildman–Crippen LogP) is 2.55. The summed E-state index contributed by atoms with van der Waals surface area (Å²) in [6.45, 7) is 4.01. The van der Waals surface area contributed by atoms with Gasteiger partial charge in [-0.3, -0.25) is 4.79 Å². The molecule has 0 fully saturated rings. The van der Waals surface area contributed by atoms with E-state index < -0.39 is 0 Å². The fraction of sp³-hybridized carbons (Fsp3) is 0.385. The molecule has 17 heavy (non-hydrogen) atoms. The fourth-order valence-electron chi connectivity index (χ4n) is 1.56. The summed E-state index contributed by atoms with van der Waals surface area (Å²) >= 11 is 0. The summed E-state index contributed by atoms with van der Waals surface area (Å²) in [7, 11) is 0. The van der Waals surface area contributed by atoms with E-state index in [1.807, 2.05) is 44.2 Å². The first-order chi connectivity index (χ1) is 8.20. The van der Waals surface area contributed by atoms with Crippen LogP contribution in [0.25, 0.3) is 0 Å². The van der Waals surface area contributed by atoms with Gasteiger partial charge in [-0.1, -0.05) is 25.1 Å². The SMILES string of the molecule is CCC(C)OC1=NN(c2ccccc2)C(=O)C1. The van der Waals surface area contributed by atoms with Crippen molar-refractivity contribution >= 4 is 17.5 Å². The first kappa shape index (κ1) is 11.6. The Bertz CT molecular complexity index is 428. The maximum Gasteiger partial charge on any atom is 0.256 e. The molecule has 1 atom stereocenters. The van der Waals surface area contributed by atoms with Gasteiger partial charge < -0.3 is 4.74 Å². The van der Waals surface area contributed by atoms with E-state index >= 15 is 0 Å². The maximum atomic E-state index is 11.8. The summed E-state index contributed by atoms with van der Waals surface area (Å²) in [6.07, 6.45) is 1.25. The van der Waals surface area contributed by atoms with Crippen LogP contribution in [0.15, 0.2) is 35.4 Å². The number of hydrogen-bond acceptors (Lipinski definition) is 3. The molecule has 1 unspecified atom stereocenters. The van der Waals surface area contributed by atoms with E-state index in [2.05, 4.69) is 5.10 Å². The lowest BCUT2D eigenvalue weighted by molar-refractivity contribution is -0.117. The molecule has 0 aromatic heterocycles. The van der Waals surface area contributed by atoms with E-state index in [9.17, 15) is 4.79 Å². The molecule has 0 saturated carbocycles. The summed E-state index contributed by atoms with van der Waals surface area (Å²) in [5, 5.41) is 5.61. The van der Waals surface area contributed by atoms with Gasteiger partial charge in [-0.2, -0.15) is 5.01 Å². The van der Waals surface area contributed by atoms with Crippen molar-refractivity contribution in [2.75, 3.05) is 5.01 Å². The second-order valence-electron chi connectivity index (χ2n) is 4.05. The first-order valence-corrected chi connectivity index (χ1v) is 5.83. The van der Waals surface area contributed by atoms with Crippen LogP contribution in [-0.2, 0) is 9.53 Å². The first-order valence-electron chi connectivity index (χ1n) is 5.83. The fourth-order valence-corrected chi connectivity index (χ4v) is 1.56. The van der Waals surface area contributed by atoms with Crippen LogP contribution in [0, 0.1) is 0 Å². The zero-order valence-electron chi connectivity index (χ0n) is 10.1. The van der Waals surface area contributed by atoms with Crippen molar-refractivity contribution in [2.24, 2.45) is 5.10 Å². The van der Waals surface area contributed by atoms with Crippen LogP contribution >= 0.6 is 0 Å². The van der Waals surface area contributed by atoms with E-state index in [0.717, 1.165) is 12.1 Å². The van der Waals surface area contributed by atoms with Gasteiger partial charge in [0, 0.05) is 0 Å². The number of amides is 1. The topological polar surface area (TPSA) is 41.9 Å². The quantitative estimate of drug-likeness (QED) is 0.803. The minimum absolute atomic E-state index is 0.0468. The Balaban J connectivity index is 2.12. The molecule has 90 valence electrons. The van der Waals surface area contributed by atoms with Crippen molar-refractivity contribution in [1.29, 1.82) is 0 Å². The number of carbonyl (C=O) groups excluding carboxylic acids is 1. The van der Waals surface area contributed by atoms with Crippen molar-refractivity contribution < 1.29 is 9.53 Å². The zero-order valence-corrected chi connectivity index (χ0v) is 10.1. The lowest BCUT2D eigenvalue weighted by Gasteiger charge is -2.11. The summed E-state index contributed by atoms with van der Waals surface area (Å²) in [5.41, 5.74) is 0.778. The van der Waals surface area contributed by atoms with Crippen molar-refractivity contribution in [1.82, 2.24) is 0 Å². The molecule has 1 aliphatic heterocycles. The van der Waals surface area contributed by atoms with Gasteiger partial charge in [0.2, 0.25) is 5.90 Å². The van der Waals surface area contributed by atoms with Gasteiger partial charge >= 0.3 is 0 Å². The second-order valence-corrected chi connectivity index (χ2v) is 4.05. The molecule has 4 heteroatoms. The summed E-state index contributed by atoms with van der Waals surface area (Å²) in [6, 6.07) is 9.38. The molecule has 1 aliphatic rings. The maximum absolute atomic E-state index is 11.8. The minimum Gasteiger partial charge on any atom is -0.476 e. The molecule has 1 aromatic carbocycles. The Kier molecular flexibility index (Phi) is 3.42. The van der Waals surface area contributed by atoms with Crippen LogP contribution in [0.3, 0.4) is 0 Å². The standard InChI is InChI=1S/C13H16N2O2/c1-3-10(2)17-12-9-13(16)15(14-12)11-7-5-4-6-8-11/h4-8,10H,3,9H2,1-2H3. The molecule has 0 radical (unpaired) electrons. The number of benzene rings is 1. The molecule has 1 heterocycles. The van der Waals surface area contributed by atoms with Gasteiger partial charge in [-0.25, -0.2) is 0 Å². The van der Waals surface area contributed by atoms with Gasteiger partial charge in [-0.15, -0.1) is 5.10 Å². The molecule has 0 aliphatic carbocycles. The smallest absolute Gasteiger partial charge is 0.256 e. The average Bonchev–Trinajstić information content (AvgIpc) is 2.71. The van der Waals surface area contributed by atoms with Crippen molar-refractivity contribution in [3.8, 4) is 0 Å². The van der Waals surface area contributed by atoms with Crippen LogP contribution in [0.2, 0.25) is 0 Å². The molecule has 4 nitrogen and oxygen atoms in total. The van der Waals surface area contributed by atoms with Gasteiger partial charge in [0.1, 0.15) is 6.42 Å². The molecule has 1 aromatic rings. The highest BCUT2D eigenvalue weighted by molar-refractivity contribution is 6.10. The van der Waals surface area contributed by atoms with E-state index in [1.54, 1.807) is 0 Å². The van der Waals surface area contributed by atoms with E-state index in [0.29, 0.717) is 5.90 Å². The van der Waals surface area contributed by atoms with Gasteiger partial charge in [0.05, 0.1) is 11.8 Å². The predicted molar refractivity (Wildman–Crippen MR) is 66.8 cm³/mol. The number of hydrogen-bond donors (Lipinski definition) is 0. The Hall–Kier alpha value is -1.84. The van der Waals surface area contributed by atoms with Crippen LogP contribution in [-0.4, -0.2) is 17.9 Å². The molecule has 0 N–H and O–H groups in total. The van der Waals surface area contributed by atoms with Gasteiger partial charge in [0.15, 0.2) is 0 Å². The molecular weight excluding hydrogens is 216 g/mol. The third-order valence-electron chi connectivity index (χ3n) is 2.66. The van der Waals surface area contributed by atoms with Crippen molar-refractivity contribution in [3.63, 3.8) is 0 Å². The molecule has 0 saturated heterocycles. The van der Waals surface area contributed by atoms with Crippen molar-refractivity contribution in [2.45, 2.75) is 32.8 Å². The molecular formula is C13H16N2O2. The van der Waals surface area contributed by atoms with Crippen molar-refractivity contribution in [3.05, 3.63) is 30.3 Å². The normalized spacial score (nSPS) is 16.9. The largest absolute Gasteiger partial charge is 0.476 e. The lowest BCUT2D eigenvalue weighted by Crippen LogP contribution is -2.19. The molecule has 0 spiro atoms. The monoisotopic (exact) mass is 232 g/mol. The van der Waals surface area contributed by atoms with Crippen LogP contribution in [0.1, 0.15) is 26.7 Å². The highest BCUT2D eigenvalue weighted by Gasteiger charge is 2.26. The highest BCUT2D eigenvalue weighted by Crippen LogP contribution is 2.20. The lowest BCUT2D eigenvalue weighted by atomic mass is 10.3. The van der Waals surface area contributed by atoms with E-state index in [4.69, 9.17) is 4.74 Å². The minimum atomic E-state index is -0.0468. The Labute approximate surface area is 101 Å². The third-order valence-corrected chi connectivity index (χ3v) is 2.66. The summed E-state index contributed by atoms with van der Waals surface area (Å²) in [4.78, 5) is 11.8. The third kappa shape index (κ3) is 2.64. The Morgan fingerprint density at radius 3 is 2.76 bits per heavy atom. The summed E-state index contributed by atoms with van der Waals surface area (Å²) in [5.74, 6) is 0.461. The van der Waals surface area contributed by atoms with E-state index in [1.165, 1.54) is 5.01 Å². The number of rotatable bonds is 3. The average molecular weight is 232 g/mol. The second kappa shape index (κ2) is 4.99. The molecule has 2 rings (SSSR count). The van der Waals surface area contributed by atoms with Crippen LogP contribution in [0.4, 0.5) is 5.69 Å².